The summed E-state index contributed by atoms with van der Waals surface area (Å²) in [6.07, 6.45) is 6.98. The highest BCUT2D eigenvalue weighted by molar-refractivity contribution is 6.10. The number of allylic oxidation sites excluding steroid dienone is 4. The van der Waals surface area contributed by atoms with Gasteiger partial charge in [-0.1, -0.05) is 89.6 Å². The van der Waals surface area contributed by atoms with Gasteiger partial charge in [0.25, 0.3) is 0 Å². The van der Waals surface area contributed by atoms with E-state index >= 15 is 0 Å². The molecule has 2 unspecified atom stereocenters. The van der Waals surface area contributed by atoms with E-state index in [-0.39, 0.29) is 12.0 Å². The average molecular weight is 595 g/mol. The zero-order valence-corrected chi connectivity index (χ0v) is 26.0. The third-order valence-electron chi connectivity index (χ3n) is 10.3. The number of aryl methyl sites for hydroxylation is 2. The van der Waals surface area contributed by atoms with Gasteiger partial charge in [-0.05, 0) is 72.5 Å². The van der Waals surface area contributed by atoms with Crippen molar-refractivity contribution in [1.82, 2.24) is 9.25 Å². The SMILES string of the molecule is C/C=C(\C=C\C1c2ccccc2-c2ccc3c(c21)C1c2c(cccc2-n2c(C)cc(C)[n+]21)O3)n1c2ccccc2c2ccccc21. The number of ether oxygens (including phenoxy) is 1. The molecule has 0 bridgehead atoms. The molecule has 46 heavy (non-hydrogen) atoms. The molecule has 5 aromatic carbocycles. The Balaban J connectivity index is 1.20. The van der Waals surface area contributed by atoms with Gasteiger partial charge in [-0.15, -0.1) is 4.68 Å². The fraction of sp³-hybridized carbons (Fsp3) is 0.119. The first-order valence-electron chi connectivity index (χ1n) is 16.1. The van der Waals surface area contributed by atoms with E-state index in [1.54, 1.807) is 0 Å². The standard InChI is InChI=1S/C42H32N3O/c1-4-27(43-34-16-9-7-14-30(34)31-15-8-10-17-35(31)43)20-21-32-28-12-5-6-13-29(28)33-22-23-38-41(39(32)33)42-40-36(18-11-19-37(40)46-38)44-25(2)24-26(3)45(42)44/h4-24,32,42H,1-3H3/q+1/b21-20+,27-4+. The molecule has 2 atom stereocenters. The maximum absolute atomic E-state index is 6.76. The van der Waals surface area contributed by atoms with Crippen molar-refractivity contribution in [2.45, 2.75) is 32.7 Å². The molecule has 0 saturated carbocycles. The second-order valence-electron chi connectivity index (χ2n) is 12.7. The normalized spacial score (nSPS) is 17.2. The Bertz CT molecular complexity index is 2450. The molecule has 7 aromatic rings. The molecule has 0 spiro atoms. The minimum absolute atomic E-state index is 0.0438. The molecule has 0 amide bonds. The van der Waals surface area contributed by atoms with Crippen LogP contribution < -0.4 is 9.42 Å². The number of hydrogen-bond donors (Lipinski definition) is 0. The summed E-state index contributed by atoms with van der Waals surface area (Å²) in [5.74, 6) is 1.98. The van der Waals surface area contributed by atoms with E-state index in [1.807, 2.05) is 0 Å². The number of fused-ring (bicyclic) bond motifs is 12. The number of hydrogen-bond acceptors (Lipinski definition) is 1. The first kappa shape index (κ1) is 25.7. The first-order chi connectivity index (χ1) is 22.6. The smallest absolute Gasteiger partial charge is 0.242 e. The topological polar surface area (TPSA) is 23.0 Å². The van der Waals surface area contributed by atoms with E-state index in [9.17, 15) is 0 Å². The minimum atomic E-state index is 0.0438. The van der Waals surface area contributed by atoms with Gasteiger partial charge < -0.3 is 9.30 Å². The van der Waals surface area contributed by atoms with E-state index in [0.29, 0.717) is 0 Å². The second kappa shape index (κ2) is 9.21. The van der Waals surface area contributed by atoms with Crippen LogP contribution in [0.5, 0.6) is 11.5 Å². The Kier molecular flexibility index (Phi) is 5.14. The zero-order chi connectivity index (χ0) is 30.7. The molecule has 0 saturated heterocycles. The Morgan fingerprint density at radius 1 is 0.717 bits per heavy atom. The molecule has 1 aliphatic carbocycles. The predicted octanol–water partition coefficient (Wildman–Crippen LogP) is 9.78. The van der Waals surface area contributed by atoms with Gasteiger partial charge in [0.1, 0.15) is 17.2 Å². The fourth-order valence-corrected chi connectivity index (χ4v) is 8.59. The summed E-state index contributed by atoms with van der Waals surface area (Å²) in [7, 11) is 0. The summed E-state index contributed by atoms with van der Waals surface area (Å²) in [6, 6.07) is 39.6. The van der Waals surface area contributed by atoms with E-state index < -0.39 is 0 Å². The average Bonchev–Trinajstić information content (AvgIpc) is 3.80. The van der Waals surface area contributed by atoms with Crippen molar-refractivity contribution in [1.29, 1.82) is 0 Å². The van der Waals surface area contributed by atoms with Crippen molar-refractivity contribution in [3.8, 4) is 28.3 Å². The van der Waals surface area contributed by atoms with E-state index in [0.717, 1.165) is 17.2 Å². The molecule has 0 fully saturated rings. The predicted molar refractivity (Wildman–Crippen MR) is 185 cm³/mol. The van der Waals surface area contributed by atoms with Gasteiger partial charge in [0, 0.05) is 35.4 Å². The quantitative estimate of drug-likeness (QED) is 0.148. The van der Waals surface area contributed by atoms with Crippen molar-refractivity contribution in [2.24, 2.45) is 0 Å². The lowest BCUT2D eigenvalue weighted by Gasteiger charge is -2.25. The minimum Gasteiger partial charge on any atom is -0.456 e. The van der Waals surface area contributed by atoms with Crippen LogP contribution in [0.1, 0.15) is 52.5 Å². The molecule has 0 radical (unpaired) electrons. The molecule has 0 N–H and O–H groups in total. The summed E-state index contributed by atoms with van der Waals surface area (Å²) in [4.78, 5) is 0. The molecule has 3 aliphatic rings. The summed E-state index contributed by atoms with van der Waals surface area (Å²) in [5.41, 5.74) is 15.1. The monoisotopic (exact) mass is 594 g/mol. The fourth-order valence-electron chi connectivity index (χ4n) is 8.59. The Labute approximate surface area is 267 Å². The zero-order valence-electron chi connectivity index (χ0n) is 26.0. The van der Waals surface area contributed by atoms with Crippen LogP contribution in [0.2, 0.25) is 0 Å². The molecular formula is C42H32N3O+. The molecule has 2 aromatic heterocycles. The summed E-state index contributed by atoms with van der Waals surface area (Å²) in [6.45, 7) is 6.57. The van der Waals surface area contributed by atoms with Gasteiger partial charge in [0.15, 0.2) is 0 Å². The van der Waals surface area contributed by atoms with Crippen molar-refractivity contribution >= 4 is 27.5 Å². The van der Waals surface area contributed by atoms with Gasteiger partial charge in [-0.25, -0.2) is 0 Å². The molecule has 2 aliphatic heterocycles. The van der Waals surface area contributed by atoms with Crippen LogP contribution in [-0.2, 0) is 0 Å². The van der Waals surface area contributed by atoms with Crippen LogP contribution in [0.15, 0.2) is 127 Å². The number of nitrogens with zero attached hydrogens (tertiary/aromatic N) is 3. The van der Waals surface area contributed by atoms with Crippen LogP contribution in [0, 0.1) is 13.8 Å². The Morgan fingerprint density at radius 3 is 2.22 bits per heavy atom. The number of aromatic nitrogens is 3. The lowest BCUT2D eigenvalue weighted by Crippen LogP contribution is -2.46. The summed E-state index contributed by atoms with van der Waals surface area (Å²) < 4.78 is 14.0. The largest absolute Gasteiger partial charge is 0.456 e. The van der Waals surface area contributed by atoms with Gasteiger partial charge in [-0.3, -0.25) is 0 Å². The van der Waals surface area contributed by atoms with Crippen molar-refractivity contribution in [2.75, 3.05) is 0 Å². The lowest BCUT2D eigenvalue weighted by atomic mass is 9.84. The third-order valence-corrected chi connectivity index (χ3v) is 10.3. The van der Waals surface area contributed by atoms with Crippen molar-refractivity contribution in [3.05, 3.63) is 161 Å². The van der Waals surface area contributed by atoms with Crippen LogP contribution in [0.25, 0.3) is 44.3 Å². The highest BCUT2D eigenvalue weighted by Gasteiger charge is 2.49. The molecule has 10 rings (SSSR count). The first-order valence-corrected chi connectivity index (χ1v) is 16.1. The van der Waals surface area contributed by atoms with Gasteiger partial charge in [0.2, 0.25) is 11.7 Å². The van der Waals surface area contributed by atoms with E-state index in [4.69, 9.17) is 4.74 Å². The molecule has 220 valence electrons. The van der Waals surface area contributed by atoms with Gasteiger partial charge in [0.05, 0.1) is 27.9 Å². The molecule has 4 heterocycles. The van der Waals surface area contributed by atoms with Gasteiger partial charge >= 0.3 is 0 Å². The maximum atomic E-state index is 6.76. The third kappa shape index (κ3) is 3.21. The lowest BCUT2D eigenvalue weighted by molar-refractivity contribution is -0.771. The number of para-hydroxylation sites is 2. The highest BCUT2D eigenvalue weighted by Crippen LogP contribution is 2.56. The summed E-state index contributed by atoms with van der Waals surface area (Å²) >= 11 is 0. The second-order valence-corrected chi connectivity index (χ2v) is 12.7. The Morgan fingerprint density at radius 2 is 1.43 bits per heavy atom. The number of rotatable bonds is 3. The van der Waals surface area contributed by atoms with Crippen molar-refractivity contribution in [3.63, 3.8) is 0 Å². The van der Waals surface area contributed by atoms with Crippen LogP contribution >= 0.6 is 0 Å². The molecule has 4 nitrogen and oxygen atoms in total. The number of benzene rings is 5. The summed E-state index contributed by atoms with van der Waals surface area (Å²) in [5, 5.41) is 2.55. The van der Waals surface area contributed by atoms with Crippen LogP contribution in [-0.4, -0.2) is 9.25 Å². The van der Waals surface area contributed by atoms with Crippen molar-refractivity contribution < 1.29 is 9.42 Å². The van der Waals surface area contributed by atoms with E-state index in [1.165, 1.54) is 72.3 Å². The van der Waals surface area contributed by atoms with Gasteiger partial charge in [-0.2, -0.15) is 0 Å². The Hall–Kier alpha value is -5.61. The molecule has 4 heteroatoms. The van der Waals surface area contributed by atoms with Crippen LogP contribution in [0.4, 0.5) is 0 Å². The highest BCUT2D eigenvalue weighted by atomic mass is 16.5. The molecular weight excluding hydrogens is 562 g/mol. The maximum Gasteiger partial charge on any atom is 0.242 e. The van der Waals surface area contributed by atoms with E-state index in [2.05, 4.69) is 162 Å². The van der Waals surface area contributed by atoms with Crippen LogP contribution in [0.3, 0.4) is 0 Å².